The maximum absolute atomic E-state index is 12.6. The Morgan fingerprint density at radius 1 is 1.48 bits per heavy atom. The minimum Gasteiger partial charge on any atom is -0.333 e. The highest BCUT2D eigenvalue weighted by atomic mass is 32.1. The molecule has 110 valence electrons. The van der Waals surface area contributed by atoms with Gasteiger partial charge in [0, 0.05) is 18.8 Å². The van der Waals surface area contributed by atoms with Gasteiger partial charge in [0.2, 0.25) is 0 Å². The van der Waals surface area contributed by atoms with Crippen LogP contribution in [0.15, 0.2) is 29.6 Å². The Balaban J connectivity index is 1.79. The van der Waals surface area contributed by atoms with Crippen LogP contribution >= 0.6 is 11.3 Å². The number of hydrogen-bond donors (Lipinski definition) is 1. The Kier molecular flexibility index (Phi) is 4.03. The first-order valence-corrected chi connectivity index (χ1v) is 8.08. The van der Waals surface area contributed by atoms with E-state index in [0.717, 1.165) is 24.3 Å². The molecule has 1 amide bonds. The number of rotatable bonds is 4. The Morgan fingerprint density at radius 2 is 2.29 bits per heavy atom. The predicted octanol–water partition coefficient (Wildman–Crippen LogP) is 2.40. The number of fused-ring (bicyclic) bond motifs is 1. The second-order valence-electron chi connectivity index (χ2n) is 5.33. The van der Waals surface area contributed by atoms with Crippen molar-refractivity contribution in [1.82, 2.24) is 9.88 Å². The van der Waals surface area contributed by atoms with Gasteiger partial charge in [-0.3, -0.25) is 4.79 Å². The van der Waals surface area contributed by atoms with E-state index in [4.69, 9.17) is 5.73 Å². The van der Waals surface area contributed by atoms with E-state index < -0.39 is 0 Å². The van der Waals surface area contributed by atoms with Crippen molar-refractivity contribution in [2.75, 3.05) is 13.6 Å². The summed E-state index contributed by atoms with van der Waals surface area (Å²) in [5, 5.41) is 2.77. The van der Waals surface area contributed by atoms with E-state index in [1.54, 1.807) is 0 Å². The van der Waals surface area contributed by atoms with Gasteiger partial charge >= 0.3 is 0 Å². The lowest BCUT2D eigenvalue weighted by molar-refractivity contribution is 0.0725. The summed E-state index contributed by atoms with van der Waals surface area (Å²) in [5.74, 6) is -0.00350. The molecule has 3 rings (SSSR count). The number of thiazole rings is 1. The number of nitrogens with two attached hydrogens (primary N) is 1. The molecule has 0 spiro atoms. The molecule has 4 nitrogen and oxygen atoms in total. The molecule has 1 aromatic carbocycles. The van der Waals surface area contributed by atoms with Crippen LogP contribution in [0.2, 0.25) is 0 Å². The lowest BCUT2D eigenvalue weighted by Gasteiger charge is -2.24. The summed E-state index contributed by atoms with van der Waals surface area (Å²) >= 11 is 1.51. The molecule has 1 atom stereocenters. The highest BCUT2D eigenvalue weighted by molar-refractivity contribution is 7.09. The molecule has 21 heavy (non-hydrogen) atoms. The molecule has 0 bridgehead atoms. The third kappa shape index (κ3) is 2.71. The number of carbonyl (C=O) groups excluding carboxylic acids is 1. The maximum atomic E-state index is 12.6. The number of hydrogen-bond acceptors (Lipinski definition) is 4. The smallest absolute Gasteiger partial charge is 0.273 e. The first-order chi connectivity index (χ1) is 10.2. The van der Waals surface area contributed by atoms with Gasteiger partial charge in [0.1, 0.15) is 5.69 Å². The van der Waals surface area contributed by atoms with Gasteiger partial charge in [0.05, 0.1) is 11.0 Å². The zero-order valence-electron chi connectivity index (χ0n) is 12.1. The Morgan fingerprint density at radius 3 is 3.10 bits per heavy atom. The van der Waals surface area contributed by atoms with Crippen LogP contribution in [-0.4, -0.2) is 29.4 Å². The van der Waals surface area contributed by atoms with E-state index in [1.165, 1.54) is 22.5 Å². The minimum atomic E-state index is -0.00350. The van der Waals surface area contributed by atoms with Crippen LogP contribution in [-0.2, 0) is 12.8 Å². The van der Waals surface area contributed by atoms with Crippen molar-refractivity contribution in [3.05, 3.63) is 51.5 Å². The third-order valence-electron chi connectivity index (χ3n) is 4.02. The molecule has 1 heterocycles. The quantitative estimate of drug-likeness (QED) is 0.943. The summed E-state index contributed by atoms with van der Waals surface area (Å²) in [7, 11) is 1.87. The molecule has 2 N–H and O–H groups in total. The average molecular weight is 301 g/mol. The zero-order valence-corrected chi connectivity index (χ0v) is 12.9. The van der Waals surface area contributed by atoms with E-state index in [2.05, 4.69) is 23.2 Å². The predicted molar refractivity (Wildman–Crippen MR) is 84.5 cm³/mol. The van der Waals surface area contributed by atoms with Gasteiger partial charge in [0.25, 0.3) is 5.91 Å². The molecule has 5 heteroatoms. The summed E-state index contributed by atoms with van der Waals surface area (Å²) < 4.78 is 0. The van der Waals surface area contributed by atoms with Crippen LogP contribution in [0.1, 0.15) is 39.1 Å². The highest BCUT2D eigenvalue weighted by Gasteiger charge is 2.29. The van der Waals surface area contributed by atoms with Crippen molar-refractivity contribution in [2.24, 2.45) is 5.73 Å². The minimum absolute atomic E-state index is 0.00350. The van der Waals surface area contributed by atoms with Gasteiger partial charge in [0.15, 0.2) is 0 Å². The van der Waals surface area contributed by atoms with Crippen LogP contribution in [0.5, 0.6) is 0 Å². The zero-order chi connectivity index (χ0) is 14.8. The standard InChI is InChI=1S/C16H19N3OS/c1-19(14-7-6-11-4-2-3-5-12(11)14)16(20)13-10-21-15(18-13)8-9-17/h2-5,10,14H,6-9,17H2,1H3. The van der Waals surface area contributed by atoms with Crippen molar-refractivity contribution in [2.45, 2.75) is 25.3 Å². The van der Waals surface area contributed by atoms with E-state index in [1.807, 2.05) is 23.4 Å². The molecule has 0 saturated carbocycles. The molecular weight excluding hydrogens is 282 g/mol. The summed E-state index contributed by atoms with van der Waals surface area (Å²) in [5.41, 5.74) is 8.69. The Bertz CT molecular complexity index is 652. The normalized spacial score (nSPS) is 16.8. The number of aromatic nitrogens is 1. The van der Waals surface area contributed by atoms with Gasteiger partial charge in [-0.1, -0.05) is 24.3 Å². The first kappa shape index (κ1) is 14.2. The largest absolute Gasteiger partial charge is 0.333 e. The van der Waals surface area contributed by atoms with Gasteiger partial charge < -0.3 is 10.6 Å². The third-order valence-corrected chi connectivity index (χ3v) is 4.93. The fourth-order valence-corrected chi connectivity index (χ4v) is 3.69. The number of carbonyl (C=O) groups is 1. The van der Waals surface area contributed by atoms with Gasteiger partial charge in [-0.25, -0.2) is 4.98 Å². The van der Waals surface area contributed by atoms with Crippen molar-refractivity contribution in [1.29, 1.82) is 0 Å². The fourth-order valence-electron chi connectivity index (χ4n) is 2.91. The number of benzene rings is 1. The van der Waals surface area contributed by atoms with Crippen molar-refractivity contribution >= 4 is 17.2 Å². The average Bonchev–Trinajstić information content (AvgIpc) is 3.13. The van der Waals surface area contributed by atoms with Crippen molar-refractivity contribution in [3.63, 3.8) is 0 Å². The van der Waals surface area contributed by atoms with Gasteiger partial charge in [-0.2, -0.15) is 0 Å². The van der Waals surface area contributed by atoms with E-state index in [9.17, 15) is 4.79 Å². The molecule has 1 aromatic heterocycles. The van der Waals surface area contributed by atoms with Crippen LogP contribution < -0.4 is 5.73 Å². The second-order valence-corrected chi connectivity index (χ2v) is 6.28. The van der Waals surface area contributed by atoms with E-state index in [-0.39, 0.29) is 11.9 Å². The number of amides is 1. The van der Waals surface area contributed by atoms with Crippen LogP contribution in [0.3, 0.4) is 0 Å². The van der Waals surface area contributed by atoms with Crippen molar-refractivity contribution in [3.8, 4) is 0 Å². The highest BCUT2D eigenvalue weighted by Crippen LogP contribution is 2.35. The lowest BCUT2D eigenvalue weighted by atomic mass is 10.1. The molecule has 2 aromatic rings. The van der Waals surface area contributed by atoms with Crippen molar-refractivity contribution < 1.29 is 4.79 Å². The SMILES string of the molecule is CN(C(=O)c1csc(CCN)n1)C1CCc2ccccc21. The van der Waals surface area contributed by atoms with Crippen LogP contribution in [0.4, 0.5) is 0 Å². The maximum Gasteiger partial charge on any atom is 0.273 e. The summed E-state index contributed by atoms with van der Waals surface area (Å²) in [6, 6.07) is 8.53. The molecule has 1 aliphatic carbocycles. The number of aryl methyl sites for hydroxylation is 1. The summed E-state index contributed by atoms with van der Waals surface area (Å²) in [4.78, 5) is 18.8. The molecule has 1 unspecified atom stereocenters. The Hall–Kier alpha value is -1.72. The molecule has 0 fully saturated rings. The van der Waals surface area contributed by atoms with Gasteiger partial charge in [-0.05, 0) is 30.5 Å². The molecule has 0 aliphatic heterocycles. The fraction of sp³-hybridized carbons (Fsp3) is 0.375. The van der Waals surface area contributed by atoms with E-state index >= 15 is 0 Å². The van der Waals surface area contributed by atoms with Gasteiger partial charge in [-0.15, -0.1) is 11.3 Å². The Labute approximate surface area is 128 Å². The van der Waals surface area contributed by atoms with Crippen LogP contribution in [0.25, 0.3) is 0 Å². The molecular formula is C16H19N3OS. The van der Waals surface area contributed by atoms with Crippen LogP contribution in [0, 0.1) is 0 Å². The second kappa shape index (κ2) is 5.95. The summed E-state index contributed by atoms with van der Waals surface area (Å²) in [6.07, 6.45) is 2.75. The molecule has 0 saturated heterocycles. The molecule has 1 aliphatic rings. The van der Waals surface area contributed by atoms with E-state index in [0.29, 0.717) is 12.2 Å². The monoisotopic (exact) mass is 301 g/mol. The summed E-state index contributed by atoms with van der Waals surface area (Å²) in [6.45, 7) is 0.562. The number of nitrogens with zero attached hydrogens (tertiary/aromatic N) is 2. The first-order valence-electron chi connectivity index (χ1n) is 7.20. The molecule has 0 radical (unpaired) electrons. The lowest BCUT2D eigenvalue weighted by Crippen LogP contribution is -2.30. The topological polar surface area (TPSA) is 59.2 Å².